The number of hydrogen-bond acceptors (Lipinski definition) is 5. The molecule has 5 heteroatoms. The minimum Gasteiger partial charge on any atom is -0.463 e. The lowest BCUT2D eigenvalue weighted by molar-refractivity contribution is -0.152. The predicted molar refractivity (Wildman–Crippen MR) is 168 cm³/mol. The highest BCUT2D eigenvalue weighted by Gasteiger charge is 2.12. The van der Waals surface area contributed by atoms with E-state index in [0.29, 0.717) is 12.8 Å². The summed E-state index contributed by atoms with van der Waals surface area (Å²) >= 11 is 0. The molecule has 0 aromatic rings. The Labute approximate surface area is 248 Å². The zero-order valence-corrected chi connectivity index (χ0v) is 27.0. The largest absolute Gasteiger partial charge is 0.463 e. The maximum atomic E-state index is 11.9. The van der Waals surface area contributed by atoms with Crippen LogP contribution in [-0.2, 0) is 19.1 Å². The Bertz CT molecular complexity index is 548. The predicted octanol–water partition coefficient (Wildman–Crippen LogP) is 10.3. The second-order valence-electron chi connectivity index (χ2n) is 12.5. The number of carbonyl (C=O) groups excluding carboxylic acids is 2. The van der Waals surface area contributed by atoms with Crippen LogP contribution in [0.15, 0.2) is 0 Å². The number of aliphatic hydroxyl groups is 1. The van der Waals surface area contributed by atoms with E-state index in [9.17, 15) is 14.7 Å². The quantitative estimate of drug-likeness (QED) is 0.0665. The van der Waals surface area contributed by atoms with Gasteiger partial charge in [0.25, 0.3) is 0 Å². The molecule has 0 aliphatic rings. The summed E-state index contributed by atoms with van der Waals surface area (Å²) in [5.74, 6) is 0.218. The smallest absolute Gasteiger partial charge is 0.305 e. The molecule has 0 fully saturated rings. The van der Waals surface area contributed by atoms with Crippen LogP contribution in [-0.4, -0.2) is 36.4 Å². The van der Waals surface area contributed by atoms with E-state index >= 15 is 0 Å². The van der Waals surface area contributed by atoms with Gasteiger partial charge in [0.15, 0.2) is 0 Å². The molecule has 5 nitrogen and oxygen atoms in total. The first-order valence-electron chi connectivity index (χ1n) is 17.4. The van der Waals surface area contributed by atoms with Gasteiger partial charge in [-0.3, -0.25) is 9.59 Å². The molecule has 40 heavy (non-hydrogen) atoms. The fourth-order valence-electron chi connectivity index (χ4n) is 5.09. The number of aliphatic hydroxyl groups excluding tert-OH is 1. The average molecular weight is 569 g/mol. The molecule has 0 aliphatic carbocycles. The van der Waals surface area contributed by atoms with Crippen LogP contribution in [0.2, 0.25) is 0 Å². The number of ether oxygens (including phenoxy) is 2. The second-order valence-corrected chi connectivity index (χ2v) is 12.5. The maximum Gasteiger partial charge on any atom is 0.305 e. The van der Waals surface area contributed by atoms with Crippen LogP contribution in [0.1, 0.15) is 188 Å². The molecule has 0 heterocycles. The van der Waals surface area contributed by atoms with Crippen molar-refractivity contribution >= 4 is 11.9 Å². The van der Waals surface area contributed by atoms with Gasteiger partial charge < -0.3 is 14.6 Å². The van der Waals surface area contributed by atoms with E-state index in [2.05, 4.69) is 20.8 Å². The lowest BCUT2D eigenvalue weighted by Crippen LogP contribution is -2.25. The van der Waals surface area contributed by atoms with Gasteiger partial charge in [0.2, 0.25) is 0 Å². The zero-order valence-electron chi connectivity index (χ0n) is 27.0. The first-order valence-corrected chi connectivity index (χ1v) is 17.4. The third-order valence-corrected chi connectivity index (χ3v) is 7.77. The summed E-state index contributed by atoms with van der Waals surface area (Å²) in [5, 5.41) is 9.94. The molecule has 0 rings (SSSR count). The monoisotopic (exact) mass is 569 g/mol. The standard InChI is InChI=1S/C35H68O5/c1-4-5-6-7-8-9-10-11-12-13-14-15-16-17-18-22-25-28-34(37)39-30-33(36)31-40-35(38)29-26-23-20-19-21-24-27-32(2)3/h32-33,36H,4-31H2,1-3H3/t33-/m1/s1. The second kappa shape index (κ2) is 30.8. The normalized spacial score (nSPS) is 12.1. The lowest BCUT2D eigenvalue weighted by atomic mass is 10.0. The van der Waals surface area contributed by atoms with E-state index in [1.165, 1.54) is 122 Å². The van der Waals surface area contributed by atoms with E-state index in [1.807, 2.05) is 0 Å². The van der Waals surface area contributed by atoms with Gasteiger partial charge in [0, 0.05) is 12.8 Å². The molecule has 0 unspecified atom stereocenters. The van der Waals surface area contributed by atoms with Gasteiger partial charge in [-0.15, -0.1) is 0 Å². The van der Waals surface area contributed by atoms with Crippen molar-refractivity contribution in [1.29, 1.82) is 0 Å². The molecule has 0 amide bonds. The molecule has 0 aromatic carbocycles. The maximum absolute atomic E-state index is 11.9. The van der Waals surface area contributed by atoms with Gasteiger partial charge in [0.05, 0.1) is 0 Å². The van der Waals surface area contributed by atoms with Crippen molar-refractivity contribution < 1.29 is 24.2 Å². The molecular weight excluding hydrogens is 500 g/mol. The molecule has 0 saturated carbocycles. The Balaban J connectivity index is 3.38. The molecule has 0 radical (unpaired) electrons. The number of hydrogen-bond donors (Lipinski definition) is 1. The van der Waals surface area contributed by atoms with Gasteiger partial charge in [-0.25, -0.2) is 0 Å². The van der Waals surface area contributed by atoms with Gasteiger partial charge in [-0.05, 0) is 18.8 Å². The van der Waals surface area contributed by atoms with E-state index in [4.69, 9.17) is 9.47 Å². The van der Waals surface area contributed by atoms with Crippen molar-refractivity contribution in [3.8, 4) is 0 Å². The Hall–Kier alpha value is -1.10. The topological polar surface area (TPSA) is 72.8 Å². The summed E-state index contributed by atoms with van der Waals surface area (Å²) in [5.41, 5.74) is 0. The Morgan fingerprint density at radius 3 is 1.12 bits per heavy atom. The summed E-state index contributed by atoms with van der Waals surface area (Å²) in [7, 11) is 0. The highest BCUT2D eigenvalue weighted by atomic mass is 16.6. The molecule has 0 spiro atoms. The van der Waals surface area contributed by atoms with Crippen molar-refractivity contribution in [2.75, 3.05) is 13.2 Å². The van der Waals surface area contributed by atoms with Gasteiger partial charge in [-0.2, -0.15) is 0 Å². The summed E-state index contributed by atoms with van der Waals surface area (Å²) in [6.45, 7) is 6.57. The third-order valence-electron chi connectivity index (χ3n) is 7.77. The minimum atomic E-state index is -0.954. The molecule has 1 atom stereocenters. The van der Waals surface area contributed by atoms with E-state index in [0.717, 1.165) is 38.0 Å². The van der Waals surface area contributed by atoms with E-state index in [1.54, 1.807) is 0 Å². The average Bonchev–Trinajstić information content (AvgIpc) is 2.93. The van der Waals surface area contributed by atoms with E-state index in [-0.39, 0.29) is 25.2 Å². The van der Waals surface area contributed by atoms with Crippen LogP contribution < -0.4 is 0 Å². The number of esters is 2. The Morgan fingerprint density at radius 1 is 0.500 bits per heavy atom. The van der Waals surface area contributed by atoms with E-state index < -0.39 is 6.10 Å². The van der Waals surface area contributed by atoms with Crippen molar-refractivity contribution in [3.05, 3.63) is 0 Å². The third kappa shape index (κ3) is 31.4. The minimum absolute atomic E-state index is 0.110. The number of rotatable bonds is 31. The van der Waals surface area contributed by atoms with Crippen molar-refractivity contribution in [1.82, 2.24) is 0 Å². The van der Waals surface area contributed by atoms with Crippen LogP contribution >= 0.6 is 0 Å². The molecule has 238 valence electrons. The number of unbranched alkanes of at least 4 members (excludes halogenated alkanes) is 21. The SMILES string of the molecule is CCCCCCCCCCCCCCCCCCCC(=O)OC[C@@H](O)COC(=O)CCCCCCCCC(C)C. The van der Waals surface area contributed by atoms with Gasteiger partial charge in [-0.1, -0.05) is 162 Å². The molecule has 0 aromatic heterocycles. The molecular formula is C35H68O5. The summed E-state index contributed by atoms with van der Waals surface area (Å²) in [6, 6.07) is 0. The van der Waals surface area contributed by atoms with Crippen LogP contribution in [0.5, 0.6) is 0 Å². The van der Waals surface area contributed by atoms with Crippen molar-refractivity contribution in [2.45, 2.75) is 194 Å². The van der Waals surface area contributed by atoms with Crippen LogP contribution in [0, 0.1) is 5.92 Å². The number of carbonyl (C=O) groups is 2. The van der Waals surface area contributed by atoms with Gasteiger partial charge >= 0.3 is 11.9 Å². The van der Waals surface area contributed by atoms with Crippen molar-refractivity contribution in [3.63, 3.8) is 0 Å². The summed E-state index contributed by atoms with van der Waals surface area (Å²) < 4.78 is 10.3. The van der Waals surface area contributed by atoms with Crippen molar-refractivity contribution in [2.24, 2.45) is 5.92 Å². The summed E-state index contributed by atoms with van der Waals surface area (Å²) in [4.78, 5) is 23.7. The molecule has 0 bridgehead atoms. The summed E-state index contributed by atoms with van der Waals surface area (Å²) in [6.07, 6.45) is 30.2. The molecule has 0 saturated heterocycles. The molecule has 0 aliphatic heterocycles. The van der Waals surface area contributed by atoms with Crippen LogP contribution in [0.4, 0.5) is 0 Å². The highest BCUT2D eigenvalue weighted by Crippen LogP contribution is 2.15. The lowest BCUT2D eigenvalue weighted by Gasteiger charge is -2.12. The van der Waals surface area contributed by atoms with Crippen LogP contribution in [0.25, 0.3) is 0 Å². The fourth-order valence-corrected chi connectivity index (χ4v) is 5.09. The first-order chi connectivity index (χ1) is 19.5. The fraction of sp³-hybridized carbons (Fsp3) is 0.943. The van der Waals surface area contributed by atoms with Gasteiger partial charge in [0.1, 0.15) is 19.3 Å². The zero-order chi connectivity index (χ0) is 29.5. The van der Waals surface area contributed by atoms with Crippen LogP contribution in [0.3, 0.4) is 0 Å². The first kappa shape index (κ1) is 38.9. The Morgan fingerprint density at radius 2 is 0.800 bits per heavy atom. The Kier molecular flexibility index (Phi) is 30.0. The molecule has 1 N–H and O–H groups in total. The highest BCUT2D eigenvalue weighted by molar-refractivity contribution is 5.69.